The quantitative estimate of drug-likeness (QED) is 0.660. The van der Waals surface area contributed by atoms with E-state index in [0.29, 0.717) is 6.42 Å². The largest absolute Gasteiger partial charge is 0.462 e. The minimum Gasteiger partial charge on any atom is -0.462 e. The molecule has 0 aliphatic carbocycles. The standard InChI is InChI=1S/C12H16FNO4S/c1-3-4-5-18-12(15)9-7-11(19(14,16)17)8(2)6-10(9)13/h6-7H,3-5H2,1-2H3,(H2,14,16,17). The van der Waals surface area contributed by atoms with Crippen LogP contribution in [0.1, 0.15) is 35.7 Å². The number of rotatable bonds is 5. The zero-order valence-electron chi connectivity index (χ0n) is 10.8. The lowest BCUT2D eigenvalue weighted by atomic mass is 10.1. The monoisotopic (exact) mass is 289 g/mol. The number of carbonyl (C=O) groups is 1. The van der Waals surface area contributed by atoms with Gasteiger partial charge < -0.3 is 4.74 Å². The number of primary sulfonamides is 1. The van der Waals surface area contributed by atoms with E-state index in [9.17, 15) is 17.6 Å². The molecule has 0 saturated carbocycles. The molecule has 0 aliphatic heterocycles. The molecule has 0 atom stereocenters. The van der Waals surface area contributed by atoms with Gasteiger partial charge in [0, 0.05) is 0 Å². The van der Waals surface area contributed by atoms with Gasteiger partial charge in [-0.15, -0.1) is 0 Å². The van der Waals surface area contributed by atoms with Crippen molar-refractivity contribution in [3.8, 4) is 0 Å². The van der Waals surface area contributed by atoms with E-state index in [1.165, 1.54) is 6.92 Å². The van der Waals surface area contributed by atoms with E-state index >= 15 is 0 Å². The molecule has 0 radical (unpaired) electrons. The molecule has 5 nitrogen and oxygen atoms in total. The molecular formula is C12H16FNO4S. The second kappa shape index (κ2) is 6.12. The summed E-state index contributed by atoms with van der Waals surface area (Å²) in [5, 5.41) is 5.00. The van der Waals surface area contributed by atoms with Gasteiger partial charge in [-0.05, 0) is 31.0 Å². The third-order valence-electron chi connectivity index (χ3n) is 2.52. The molecule has 1 rings (SSSR count). The zero-order chi connectivity index (χ0) is 14.6. The molecule has 0 spiro atoms. The molecule has 7 heteroatoms. The average molecular weight is 289 g/mol. The molecular weight excluding hydrogens is 273 g/mol. The van der Waals surface area contributed by atoms with Crippen LogP contribution in [-0.2, 0) is 14.8 Å². The van der Waals surface area contributed by atoms with Crippen LogP contribution in [0.5, 0.6) is 0 Å². The maximum absolute atomic E-state index is 13.6. The van der Waals surface area contributed by atoms with Crippen LogP contribution < -0.4 is 5.14 Å². The fourth-order valence-corrected chi connectivity index (χ4v) is 2.29. The summed E-state index contributed by atoms with van der Waals surface area (Å²) in [5.74, 6) is -1.72. The number of hydrogen-bond acceptors (Lipinski definition) is 4. The molecule has 1 aromatic carbocycles. The van der Waals surface area contributed by atoms with Crippen molar-refractivity contribution in [2.24, 2.45) is 5.14 Å². The van der Waals surface area contributed by atoms with Crippen molar-refractivity contribution in [1.29, 1.82) is 0 Å². The van der Waals surface area contributed by atoms with Gasteiger partial charge in [0.15, 0.2) is 0 Å². The van der Waals surface area contributed by atoms with Crippen molar-refractivity contribution >= 4 is 16.0 Å². The molecule has 19 heavy (non-hydrogen) atoms. The Balaban J connectivity index is 3.11. The van der Waals surface area contributed by atoms with Gasteiger partial charge in [-0.2, -0.15) is 0 Å². The molecule has 0 aromatic heterocycles. The van der Waals surface area contributed by atoms with E-state index in [4.69, 9.17) is 9.88 Å². The number of halogens is 1. The number of nitrogens with two attached hydrogens (primary N) is 1. The van der Waals surface area contributed by atoms with Crippen LogP contribution in [0.3, 0.4) is 0 Å². The predicted molar refractivity (Wildman–Crippen MR) is 67.7 cm³/mol. The first-order valence-electron chi connectivity index (χ1n) is 5.77. The highest BCUT2D eigenvalue weighted by atomic mass is 32.2. The maximum Gasteiger partial charge on any atom is 0.341 e. The van der Waals surface area contributed by atoms with Crippen LogP contribution >= 0.6 is 0 Å². The summed E-state index contributed by atoms with van der Waals surface area (Å²) >= 11 is 0. The van der Waals surface area contributed by atoms with Gasteiger partial charge in [-0.25, -0.2) is 22.7 Å². The van der Waals surface area contributed by atoms with E-state index < -0.39 is 27.4 Å². The normalized spacial score (nSPS) is 11.4. The maximum atomic E-state index is 13.6. The molecule has 0 saturated heterocycles. The summed E-state index contributed by atoms with van der Waals surface area (Å²) in [6.45, 7) is 3.47. The number of benzene rings is 1. The molecule has 0 heterocycles. The molecule has 0 amide bonds. The number of sulfonamides is 1. The minimum atomic E-state index is -4.01. The van der Waals surface area contributed by atoms with E-state index in [0.717, 1.165) is 18.6 Å². The number of unbranched alkanes of at least 4 members (excludes halogenated alkanes) is 1. The Hall–Kier alpha value is -1.47. The Morgan fingerprint density at radius 3 is 2.58 bits per heavy atom. The molecule has 0 bridgehead atoms. The Morgan fingerprint density at radius 1 is 1.42 bits per heavy atom. The summed E-state index contributed by atoms with van der Waals surface area (Å²) in [6, 6.07) is 1.87. The summed E-state index contributed by atoms with van der Waals surface area (Å²) in [5.41, 5.74) is -0.282. The molecule has 106 valence electrons. The summed E-state index contributed by atoms with van der Waals surface area (Å²) in [7, 11) is -4.01. The third kappa shape index (κ3) is 4.00. The Morgan fingerprint density at radius 2 is 2.05 bits per heavy atom. The summed E-state index contributed by atoms with van der Waals surface area (Å²) in [6.07, 6.45) is 1.48. The van der Waals surface area contributed by atoms with Crippen LogP contribution in [-0.4, -0.2) is 21.0 Å². The molecule has 0 aliphatic rings. The van der Waals surface area contributed by atoms with Crippen molar-refractivity contribution < 1.29 is 22.3 Å². The molecule has 2 N–H and O–H groups in total. The SMILES string of the molecule is CCCCOC(=O)c1cc(S(N)(=O)=O)c(C)cc1F. The number of ether oxygens (including phenoxy) is 1. The van der Waals surface area contributed by atoms with Gasteiger partial charge in [-0.1, -0.05) is 13.3 Å². The first kappa shape index (κ1) is 15.6. The van der Waals surface area contributed by atoms with Crippen LogP contribution in [0.15, 0.2) is 17.0 Å². The number of hydrogen-bond donors (Lipinski definition) is 1. The number of esters is 1. The lowest BCUT2D eigenvalue weighted by Crippen LogP contribution is -2.16. The molecule has 1 aromatic rings. The zero-order valence-corrected chi connectivity index (χ0v) is 11.6. The second-order valence-electron chi connectivity index (χ2n) is 4.13. The van der Waals surface area contributed by atoms with Gasteiger partial charge >= 0.3 is 5.97 Å². The van der Waals surface area contributed by atoms with E-state index in [1.54, 1.807) is 0 Å². The first-order chi connectivity index (χ1) is 8.77. The van der Waals surface area contributed by atoms with Gasteiger partial charge in [-0.3, -0.25) is 0 Å². The first-order valence-corrected chi connectivity index (χ1v) is 7.32. The molecule has 0 fully saturated rings. The topological polar surface area (TPSA) is 86.5 Å². The van der Waals surface area contributed by atoms with Crippen molar-refractivity contribution in [3.05, 3.63) is 29.1 Å². The van der Waals surface area contributed by atoms with E-state index in [2.05, 4.69) is 0 Å². The van der Waals surface area contributed by atoms with E-state index in [1.807, 2.05) is 6.92 Å². The fraction of sp³-hybridized carbons (Fsp3) is 0.417. The second-order valence-corrected chi connectivity index (χ2v) is 5.66. The van der Waals surface area contributed by atoms with Crippen molar-refractivity contribution in [2.45, 2.75) is 31.6 Å². The Labute approximate surface area is 111 Å². The van der Waals surface area contributed by atoms with Crippen LogP contribution in [0, 0.1) is 12.7 Å². The summed E-state index contributed by atoms with van der Waals surface area (Å²) < 4.78 is 41.1. The van der Waals surface area contributed by atoms with Crippen LogP contribution in [0.2, 0.25) is 0 Å². The van der Waals surface area contributed by atoms with E-state index in [-0.39, 0.29) is 17.1 Å². The minimum absolute atomic E-state index is 0.144. The highest BCUT2D eigenvalue weighted by Crippen LogP contribution is 2.19. The highest BCUT2D eigenvalue weighted by molar-refractivity contribution is 7.89. The fourth-order valence-electron chi connectivity index (χ4n) is 1.50. The smallest absolute Gasteiger partial charge is 0.341 e. The number of carbonyl (C=O) groups excluding carboxylic acids is 1. The van der Waals surface area contributed by atoms with Gasteiger partial charge in [0.1, 0.15) is 5.82 Å². The highest BCUT2D eigenvalue weighted by Gasteiger charge is 2.20. The molecule has 0 unspecified atom stereocenters. The van der Waals surface area contributed by atoms with Crippen LogP contribution in [0.25, 0.3) is 0 Å². The van der Waals surface area contributed by atoms with Crippen LogP contribution in [0.4, 0.5) is 4.39 Å². The number of aryl methyl sites for hydroxylation is 1. The van der Waals surface area contributed by atoms with Gasteiger partial charge in [0.2, 0.25) is 10.0 Å². The van der Waals surface area contributed by atoms with Crippen molar-refractivity contribution in [3.63, 3.8) is 0 Å². The predicted octanol–water partition coefficient (Wildman–Crippen LogP) is 1.74. The van der Waals surface area contributed by atoms with Crippen molar-refractivity contribution in [2.75, 3.05) is 6.61 Å². The lowest BCUT2D eigenvalue weighted by Gasteiger charge is -2.09. The van der Waals surface area contributed by atoms with Gasteiger partial charge in [0.25, 0.3) is 0 Å². The van der Waals surface area contributed by atoms with Gasteiger partial charge in [0.05, 0.1) is 17.1 Å². The summed E-state index contributed by atoms with van der Waals surface area (Å²) in [4.78, 5) is 11.4. The third-order valence-corrected chi connectivity index (χ3v) is 3.57. The van der Waals surface area contributed by atoms with Crippen molar-refractivity contribution in [1.82, 2.24) is 0 Å². The lowest BCUT2D eigenvalue weighted by molar-refractivity contribution is 0.0494. The Bertz CT molecular complexity index is 584. The average Bonchev–Trinajstić information content (AvgIpc) is 2.27. The Kier molecular flexibility index (Phi) is 5.02.